The Kier molecular flexibility index (Phi) is 4.33. The third-order valence-corrected chi connectivity index (χ3v) is 3.52. The van der Waals surface area contributed by atoms with Gasteiger partial charge in [-0.25, -0.2) is 0 Å². The average Bonchev–Trinajstić information content (AvgIpc) is 2.47. The zero-order chi connectivity index (χ0) is 13.0. The molecular formula is C14H20N2O2. The van der Waals surface area contributed by atoms with E-state index < -0.39 is 6.10 Å². The highest BCUT2D eigenvalue weighted by Crippen LogP contribution is 2.18. The molecule has 2 unspecified atom stereocenters. The van der Waals surface area contributed by atoms with Crippen molar-refractivity contribution >= 4 is 5.91 Å². The van der Waals surface area contributed by atoms with Gasteiger partial charge in [-0.05, 0) is 24.9 Å². The zero-order valence-corrected chi connectivity index (χ0v) is 10.7. The average molecular weight is 248 g/mol. The van der Waals surface area contributed by atoms with Crippen LogP contribution in [0.3, 0.4) is 0 Å². The fourth-order valence-corrected chi connectivity index (χ4v) is 2.31. The summed E-state index contributed by atoms with van der Waals surface area (Å²) in [7, 11) is 1.77. The van der Waals surface area contributed by atoms with Crippen LogP contribution in [0.15, 0.2) is 30.3 Å². The second kappa shape index (κ2) is 5.98. The molecule has 1 amide bonds. The third-order valence-electron chi connectivity index (χ3n) is 3.52. The third kappa shape index (κ3) is 2.89. The molecule has 0 aliphatic carbocycles. The van der Waals surface area contributed by atoms with E-state index in [9.17, 15) is 9.90 Å². The summed E-state index contributed by atoms with van der Waals surface area (Å²) in [5, 5.41) is 13.4. The van der Waals surface area contributed by atoms with Gasteiger partial charge in [-0.15, -0.1) is 0 Å². The standard InChI is InChI=1S/C14H20N2O2/c1-16(12-8-5-9-15-10-12)14(18)13(17)11-6-3-2-4-7-11/h2-4,6-7,12-13,15,17H,5,8-10H2,1H3. The van der Waals surface area contributed by atoms with Crippen LogP contribution in [0.25, 0.3) is 0 Å². The molecule has 4 nitrogen and oxygen atoms in total. The predicted molar refractivity (Wildman–Crippen MR) is 70.1 cm³/mol. The minimum absolute atomic E-state index is 0.185. The second-order valence-corrected chi connectivity index (χ2v) is 4.76. The van der Waals surface area contributed by atoms with Crippen molar-refractivity contribution in [1.29, 1.82) is 0 Å². The van der Waals surface area contributed by atoms with Gasteiger partial charge in [0.25, 0.3) is 5.91 Å². The van der Waals surface area contributed by atoms with Crippen LogP contribution >= 0.6 is 0 Å². The van der Waals surface area contributed by atoms with Crippen LogP contribution in [0.5, 0.6) is 0 Å². The molecule has 1 aliphatic heterocycles. The van der Waals surface area contributed by atoms with Crippen LogP contribution in [-0.4, -0.2) is 42.1 Å². The highest BCUT2D eigenvalue weighted by atomic mass is 16.3. The van der Waals surface area contributed by atoms with Gasteiger partial charge in [-0.1, -0.05) is 30.3 Å². The van der Waals surface area contributed by atoms with Crippen LogP contribution in [0.4, 0.5) is 0 Å². The summed E-state index contributed by atoms with van der Waals surface area (Å²) in [6.07, 6.45) is 1.01. The van der Waals surface area contributed by atoms with Gasteiger partial charge in [0.2, 0.25) is 0 Å². The Morgan fingerprint density at radius 1 is 1.44 bits per heavy atom. The van der Waals surface area contributed by atoms with Gasteiger partial charge in [0, 0.05) is 19.6 Å². The van der Waals surface area contributed by atoms with Crippen molar-refractivity contribution in [3.8, 4) is 0 Å². The molecule has 98 valence electrons. The number of rotatable bonds is 3. The van der Waals surface area contributed by atoms with E-state index in [0.717, 1.165) is 25.9 Å². The molecule has 2 atom stereocenters. The van der Waals surface area contributed by atoms with Crippen molar-refractivity contribution in [1.82, 2.24) is 10.2 Å². The zero-order valence-electron chi connectivity index (χ0n) is 10.7. The minimum Gasteiger partial charge on any atom is -0.378 e. The first-order valence-corrected chi connectivity index (χ1v) is 6.40. The number of piperidine rings is 1. The Bertz CT molecular complexity index is 388. The fourth-order valence-electron chi connectivity index (χ4n) is 2.31. The second-order valence-electron chi connectivity index (χ2n) is 4.76. The van der Waals surface area contributed by atoms with Gasteiger partial charge in [-0.3, -0.25) is 4.79 Å². The Balaban J connectivity index is 2.01. The van der Waals surface area contributed by atoms with E-state index in [0.29, 0.717) is 5.56 Å². The van der Waals surface area contributed by atoms with Gasteiger partial charge in [-0.2, -0.15) is 0 Å². The van der Waals surface area contributed by atoms with Crippen molar-refractivity contribution < 1.29 is 9.90 Å². The summed E-state index contributed by atoms with van der Waals surface area (Å²) in [4.78, 5) is 13.9. The van der Waals surface area contributed by atoms with Gasteiger partial charge < -0.3 is 15.3 Å². The molecule has 1 aromatic carbocycles. The highest BCUT2D eigenvalue weighted by molar-refractivity contribution is 5.82. The minimum atomic E-state index is -1.06. The predicted octanol–water partition coefficient (Wildman–Crippen LogP) is 0.930. The first-order valence-electron chi connectivity index (χ1n) is 6.40. The van der Waals surface area contributed by atoms with Gasteiger partial charge in [0.15, 0.2) is 6.10 Å². The molecular weight excluding hydrogens is 228 g/mol. The van der Waals surface area contributed by atoms with Gasteiger partial charge in [0.05, 0.1) is 0 Å². The number of amides is 1. The van der Waals surface area contributed by atoms with Crippen LogP contribution in [-0.2, 0) is 4.79 Å². The summed E-state index contributed by atoms with van der Waals surface area (Å²) in [6, 6.07) is 9.26. The molecule has 0 radical (unpaired) electrons. The van der Waals surface area contributed by atoms with E-state index in [1.807, 2.05) is 18.2 Å². The Hall–Kier alpha value is -1.39. The number of nitrogens with one attached hydrogen (secondary N) is 1. The van der Waals surface area contributed by atoms with E-state index in [1.54, 1.807) is 24.1 Å². The van der Waals surface area contributed by atoms with E-state index in [1.165, 1.54) is 0 Å². The lowest BCUT2D eigenvalue weighted by Crippen LogP contribution is -2.48. The molecule has 0 spiro atoms. The van der Waals surface area contributed by atoms with Gasteiger partial charge >= 0.3 is 0 Å². The molecule has 4 heteroatoms. The number of aliphatic hydroxyl groups excluding tert-OH is 1. The number of hydrogen-bond donors (Lipinski definition) is 2. The van der Waals surface area contributed by atoms with Crippen LogP contribution in [0.2, 0.25) is 0 Å². The maximum atomic E-state index is 12.2. The Labute approximate surface area is 108 Å². The highest BCUT2D eigenvalue weighted by Gasteiger charge is 2.27. The molecule has 0 saturated carbocycles. The number of benzene rings is 1. The first kappa shape index (κ1) is 13.1. The number of carbonyl (C=O) groups excluding carboxylic acids is 1. The summed E-state index contributed by atoms with van der Waals surface area (Å²) < 4.78 is 0. The quantitative estimate of drug-likeness (QED) is 0.836. The van der Waals surface area contributed by atoms with Crippen molar-refractivity contribution in [2.45, 2.75) is 25.0 Å². The van der Waals surface area contributed by atoms with Crippen molar-refractivity contribution in [3.05, 3.63) is 35.9 Å². The van der Waals surface area contributed by atoms with Crippen LogP contribution in [0.1, 0.15) is 24.5 Å². The maximum Gasteiger partial charge on any atom is 0.256 e. The smallest absolute Gasteiger partial charge is 0.256 e. The van der Waals surface area contributed by atoms with E-state index in [2.05, 4.69) is 5.32 Å². The first-order chi connectivity index (χ1) is 8.70. The largest absolute Gasteiger partial charge is 0.378 e. The molecule has 0 aromatic heterocycles. The lowest BCUT2D eigenvalue weighted by Gasteiger charge is -2.33. The monoisotopic (exact) mass is 248 g/mol. The van der Waals surface area contributed by atoms with E-state index >= 15 is 0 Å². The number of carbonyl (C=O) groups is 1. The molecule has 2 N–H and O–H groups in total. The normalized spacial score (nSPS) is 21.3. The topological polar surface area (TPSA) is 52.6 Å². The Morgan fingerprint density at radius 3 is 2.78 bits per heavy atom. The van der Waals surface area contributed by atoms with E-state index in [4.69, 9.17) is 0 Å². The molecule has 0 bridgehead atoms. The number of hydrogen-bond acceptors (Lipinski definition) is 3. The molecule has 1 aromatic rings. The fraction of sp³-hybridized carbons (Fsp3) is 0.500. The molecule has 1 fully saturated rings. The molecule has 1 aliphatic rings. The van der Waals surface area contributed by atoms with Crippen molar-refractivity contribution in [3.63, 3.8) is 0 Å². The van der Waals surface area contributed by atoms with Crippen molar-refractivity contribution in [2.75, 3.05) is 20.1 Å². The SMILES string of the molecule is CN(C(=O)C(O)c1ccccc1)C1CCCNC1. The Morgan fingerprint density at radius 2 is 2.17 bits per heavy atom. The number of aliphatic hydroxyl groups is 1. The van der Waals surface area contributed by atoms with E-state index in [-0.39, 0.29) is 11.9 Å². The maximum absolute atomic E-state index is 12.2. The summed E-state index contributed by atoms with van der Waals surface area (Å²) in [5.41, 5.74) is 0.651. The molecule has 18 heavy (non-hydrogen) atoms. The van der Waals surface area contributed by atoms with Crippen LogP contribution in [0, 0.1) is 0 Å². The number of likely N-dealkylation sites (N-methyl/N-ethyl adjacent to an activating group) is 1. The summed E-state index contributed by atoms with van der Waals surface area (Å²) >= 11 is 0. The lowest BCUT2D eigenvalue weighted by molar-refractivity contribution is -0.141. The van der Waals surface area contributed by atoms with Crippen molar-refractivity contribution in [2.24, 2.45) is 0 Å². The summed E-state index contributed by atoms with van der Waals surface area (Å²) in [6.45, 7) is 1.82. The van der Waals surface area contributed by atoms with Crippen LogP contribution < -0.4 is 5.32 Å². The number of nitrogens with zero attached hydrogens (tertiary/aromatic N) is 1. The molecule has 1 heterocycles. The molecule has 1 saturated heterocycles. The summed E-state index contributed by atoms with van der Waals surface area (Å²) in [5.74, 6) is -0.227. The lowest BCUT2D eigenvalue weighted by atomic mass is 10.0. The molecule has 2 rings (SSSR count). The van der Waals surface area contributed by atoms with Gasteiger partial charge in [0.1, 0.15) is 0 Å².